The lowest BCUT2D eigenvalue weighted by atomic mass is 10.1. The van der Waals surface area contributed by atoms with E-state index in [0.717, 1.165) is 0 Å². The molecule has 8 heteroatoms. The van der Waals surface area contributed by atoms with Crippen LogP contribution >= 0.6 is 23.2 Å². The van der Waals surface area contributed by atoms with Crippen molar-refractivity contribution in [2.24, 2.45) is 0 Å². The molecule has 0 saturated carbocycles. The number of benzene rings is 2. The van der Waals surface area contributed by atoms with Crippen LogP contribution in [0.4, 0.5) is 0 Å². The quantitative estimate of drug-likeness (QED) is 0.564. The van der Waals surface area contributed by atoms with Gasteiger partial charge in [-0.05, 0) is 59.6 Å². The molecular weight excluding hydrogens is 375 g/mol. The Bertz CT molecular complexity index is 900. The summed E-state index contributed by atoms with van der Waals surface area (Å²) in [5.74, 6) is -1.36. The molecule has 0 spiro atoms. The lowest BCUT2D eigenvalue weighted by Crippen LogP contribution is -2.16. The number of carbonyl (C=O) groups excluding carboxylic acids is 3. The first-order chi connectivity index (χ1) is 11.2. The molecule has 0 bridgehead atoms. The van der Waals surface area contributed by atoms with Crippen LogP contribution in [-0.2, 0) is 9.84 Å². The van der Waals surface area contributed by atoms with Gasteiger partial charge < -0.3 is 0 Å². The van der Waals surface area contributed by atoms with Crippen molar-refractivity contribution in [1.82, 2.24) is 0 Å². The van der Waals surface area contributed by atoms with Gasteiger partial charge in [-0.15, -0.1) is 0 Å². The normalized spacial score (nSPS) is 11.1. The summed E-state index contributed by atoms with van der Waals surface area (Å²) in [7, 11) is -3.87. The number of Topliss-reactive ketones (excluding diaryl/α,β-unsaturated/α-hetero) is 1. The first kappa shape index (κ1) is 18.3. The minimum Gasteiger partial charge on any atom is -0.293 e. The molecule has 124 valence electrons. The summed E-state index contributed by atoms with van der Waals surface area (Å²) in [6, 6.07) is 10.3. The average molecular weight is 385 g/mol. The molecule has 2 rings (SSSR count). The first-order valence-corrected chi connectivity index (χ1v) is 8.97. The summed E-state index contributed by atoms with van der Waals surface area (Å²) in [6.07, 6.45) is 0. The Morgan fingerprint density at radius 1 is 0.708 bits per heavy atom. The molecule has 0 amide bonds. The smallest absolute Gasteiger partial charge is 0.252 e. The predicted molar refractivity (Wildman–Crippen MR) is 89.6 cm³/mol. The molecule has 0 aliphatic carbocycles. The third-order valence-electron chi connectivity index (χ3n) is 3.20. The van der Waals surface area contributed by atoms with Gasteiger partial charge in [-0.2, -0.15) is 0 Å². The van der Waals surface area contributed by atoms with Crippen molar-refractivity contribution in [3.8, 4) is 0 Å². The standard InChI is InChI=1S/C16H10Cl2O5S/c17-15(20)11-3-1-10(2-4-11)14(19)9-24(22,23)13-7-5-12(6-8-13)16(18)21/h1-8H,9H2. The first-order valence-electron chi connectivity index (χ1n) is 6.56. The zero-order valence-electron chi connectivity index (χ0n) is 12.0. The van der Waals surface area contributed by atoms with Crippen LogP contribution in [0.2, 0.25) is 0 Å². The van der Waals surface area contributed by atoms with Gasteiger partial charge in [0.25, 0.3) is 10.5 Å². The Kier molecular flexibility index (Phi) is 5.54. The number of rotatable bonds is 6. The highest BCUT2D eigenvalue weighted by molar-refractivity contribution is 7.92. The molecule has 5 nitrogen and oxygen atoms in total. The summed E-state index contributed by atoms with van der Waals surface area (Å²) in [5, 5.41) is -1.38. The van der Waals surface area contributed by atoms with Crippen molar-refractivity contribution in [3.63, 3.8) is 0 Å². The fraction of sp³-hybridized carbons (Fsp3) is 0.0625. The van der Waals surface area contributed by atoms with E-state index in [2.05, 4.69) is 0 Å². The fourth-order valence-corrected chi connectivity index (χ4v) is 3.40. The van der Waals surface area contributed by atoms with Crippen LogP contribution in [-0.4, -0.2) is 30.4 Å². The average Bonchev–Trinajstić information content (AvgIpc) is 2.54. The van der Waals surface area contributed by atoms with Crippen molar-refractivity contribution < 1.29 is 22.8 Å². The van der Waals surface area contributed by atoms with Crippen LogP contribution in [0.5, 0.6) is 0 Å². The summed E-state index contributed by atoms with van der Waals surface area (Å²) in [4.78, 5) is 34.0. The van der Waals surface area contributed by atoms with E-state index < -0.39 is 31.9 Å². The number of hydrogen-bond acceptors (Lipinski definition) is 5. The monoisotopic (exact) mass is 384 g/mol. The van der Waals surface area contributed by atoms with E-state index in [4.69, 9.17) is 23.2 Å². The molecule has 0 aliphatic rings. The van der Waals surface area contributed by atoms with Gasteiger partial charge in [0.2, 0.25) is 0 Å². The summed E-state index contributed by atoms with van der Waals surface area (Å²) < 4.78 is 24.5. The van der Waals surface area contributed by atoms with Crippen molar-refractivity contribution in [2.45, 2.75) is 4.90 Å². The van der Waals surface area contributed by atoms with E-state index in [0.29, 0.717) is 0 Å². The van der Waals surface area contributed by atoms with Crippen molar-refractivity contribution >= 4 is 49.3 Å². The number of halogens is 2. The maximum Gasteiger partial charge on any atom is 0.252 e. The Morgan fingerprint density at radius 3 is 1.50 bits per heavy atom. The van der Waals surface area contributed by atoms with E-state index in [1.807, 2.05) is 0 Å². The van der Waals surface area contributed by atoms with Crippen LogP contribution in [0.3, 0.4) is 0 Å². The minimum absolute atomic E-state index is 0.0925. The van der Waals surface area contributed by atoms with E-state index in [1.165, 1.54) is 48.5 Å². The summed E-state index contributed by atoms with van der Waals surface area (Å²) in [5.41, 5.74) is 0.508. The Morgan fingerprint density at radius 2 is 1.08 bits per heavy atom. The van der Waals surface area contributed by atoms with Crippen molar-refractivity contribution in [2.75, 3.05) is 5.75 Å². The van der Waals surface area contributed by atoms with Gasteiger partial charge >= 0.3 is 0 Å². The van der Waals surface area contributed by atoms with Gasteiger partial charge in [0.15, 0.2) is 15.6 Å². The second kappa shape index (κ2) is 7.25. The second-order valence-corrected chi connectivity index (χ2v) is 7.51. The van der Waals surface area contributed by atoms with Crippen LogP contribution in [0, 0.1) is 0 Å². The molecule has 0 aliphatic heterocycles. The molecular formula is C16H10Cl2O5S. The van der Waals surface area contributed by atoms with Gasteiger partial charge in [-0.3, -0.25) is 14.4 Å². The second-order valence-electron chi connectivity index (χ2n) is 4.83. The lowest BCUT2D eigenvalue weighted by molar-refractivity contribution is 0.101. The fourth-order valence-electron chi connectivity index (χ4n) is 1.92. The number of sulfone groups is 1. The molecule has 0 saturated heterocycles. The van der Waals surface area contributed by atoms with E-state index in [9.17, 15) is 22.8 Å². The largest absolute Gasteiger partial charge is 0.293 e. The summed E-state index contributed by atoms with van der Waals surface area (Å²) >= 11 is 10.6. The SMILES string of the molecule is O=C(Cl)c1ccc(C(=O)CS(=O)(=O)c2ccc(C(=O)Cl)cc2)cc1. The molecule has 2 aromatic rings. The number of carbonyl (C=O) groups is 3. The third-order valence-corrected chi connectivity index (χ3v) is 5.26. The molecule has 0 atom stereocenters. The predicted octanol–water partition coefficient (Wildman–Crippen LogP) is 3.10. The van der Waals surface area contributed by atoms with E-state index >= 15 is 0 Å². The third kappa shape index (κ3) is 4.29. The topological polar surface area (TPSA) is 85.3 Å². The Labute approximate surface area is 148 Å². The molecule has 0 N–H and O–H groups in total. The maximum atomic E-state index is 12.3. The van der Waals surface area contributed by atoms with Gasteiger partial charge in [-0.25, -0.2) is 8.42 Å². The molecule has 0 radical (unpaired) electrons. The van der Waals surface area contributed by atoms with Gasteiger partial charge in [0.05, 0.1) is 4.90 Å². The van der Waals surface area contributed by atoms with Gasteiger partial charge in [0, 0.05) is 16.7 Å². The highest BCUT2D eigenvalue weighted by atomic mass is 35.5. The highest BCUT2D eigenvalue weighted by Gasteiger charge is 2.21. The molecule has 0 fully saturated rings. The molecule has 24 heavy (non-hydrogen) atoms. The van der Waals surface area contributed by atoms with Crippen LogP contribution in [0.15, 0.2) is 53.4 Å². The highest BCUT2D eigenvalue weighted by Crippen LogP contribution is 2.16. The van der Waals surface area contributed by atoms with Crippen molar-refractivity contribution in [1.29, 1.82) is 0 Å². The minimum atomic E-state index is -3.87. The van der Waals surface area contributed by atoms with Gasteiger partial charge in [-0.1, -0.05) is 12.1 Å². The zero-order valence-corrected chi connectivity index (χ0v) is 14.4. The van der Waals surface area contributed by atoms with Crippen LogP contribution in [0.25, 0.3) is 0 Å². The number of hydrogen-bond donors (Lipinski definition) is 0. The Balaban J connectivity index is 2.20. The lowest BCUT2D eigenvalue weighted by Gasteiger charge is -2.05. The Hall–Kier alpha value is -2.02. The van der Waals surface area contributed by atoms with E-state index in [-0.39, 0.29) is 21.6 Å². The van der Waals surface area contributed by atoms with Crippen LogP contribution in [0.1, 0.15) is 31.1 Å². The van der Waals surface area contributed by atoms with Crippen molar-refractivity contribution in [3.05, 3.63) is 65.2 Å². The molecule has 0 aromatic heterocycles. The zero-order chi connectivity index (χ0) is 17.9. The molecule has 2 aromatic carbocycles. The molecule has 0 unspecified atom stereocenters. The molecule has 0 heterocycles. The summed E-state index contributed by atoms with van der Waals surface area (Å²) in [6.45, 7) is 0. The van der Waals surface area contributed by atoms with E-state index in [1.54, 1.807) is 0 Å². The van der Waals surface area contributed by atoms with Crippen LogP contribution < -0.4 is 0 Å². The number of ketones is 1. The maximum absolute atomic E-state index is 12.3. The van der Waals surface area contributed by atoms with Gasteiger partial charge in [0.1, 0.15) is 5.75 Å².